The van der Waals surface area contributed by atoms with Gasteiger partial charge in [-0.05, 0) is 6.92 Å². The van der Waals surface area contributed by atoms with E-state index in [-0.39, 0.29) is 12.6 Å². The van der Waals surface area contributed by atoms with Gasteiger partial charge < -0.3 is 9.59 Å². The molecule has 0 rings (SSSR count). The molecule has 2 N–H and O–H groups in total. The molecule has 0 fully saturated rings. The van der Waals surface area contributed by atoms with E-state index in [4.69, 9.17) is 4.55 Å². The maximum atomic E-state index is 10.2. The molecule has 0 heterocycles. The zero-order valence-corrected chi connectivity index (χ0v) is 7.17. The normalized spacial score (nSPS) is 12.5. The van der Waals surface area contributed by atoms with Crippen LogP contribution in [0.5, 0.6) is 0 Å². The summed E-state index contributed by atoms with van der Waals surface area (Å²) in [6.07, 6.45) is 0.510. The largest absolute Gasteiger partial charge is 0.301 e. The molecule has 70 valence electrons. The number of rotatable bonds is 5. The van der Waals surface area contributed by atoms with E-state index in [1.807, 2.05) is 0 Å². The summed E-state index contributed by atoms with van der Waals surface area (Å²) in [6, 6.07) is 0. The first-order chi connectivity index (χ1) is 5.33. The molecule has 6 nitrogen and oxygen atoms in total. The number of carbonyl (C=O) groups excluding carboxylic acids is 2. The molecule has 7 heteroatoms. The summed E-state index contributed by atoms with van der Waals surface area (Å²) in [5, 5.41) is 2.06. The van der Waals surface area contributed by atoms with Crippen LogP contribution in [-0.2, 0) is 19.7 Å². The quantitative estimate of drug-likeness (QED) is 0.317. The molecule has 0 aromatic heterocycles. The van der Waals surface area contributed by atoms with Crippen molar-refractivity contribution in [1.29, 1.82) is 0 Å². The Morgan fingerprint density at radius 3 is 2.08 bits per heavy atom. The van der Waals surface area contributed by atoms with Gasteiger partial charge in [0.15, 0.2) is 0 Å². The summed E-state index contributed by atoms with van der Waals surface area (Å²) in [7, 11) is -4.21. The smallest absolute Gasteiger partial charge is 0.278 e. The van der Waals surface area contributed by atoms with Crippen LogP contribution in [0, 0.1) is 0 Å². The first-order valence-electron chi connectivity index (χ1n) is 2.96. The van der Waals surface area contributed by atoms with Crippen LogP contribution in [0.25, 0.3) is 0 Å². The lowest BCUT2D eigenvalue weighted by molar-refractivity contribution is -0.121. The van der Waals surface area contributed by atoms with Crippen molar-refractivity contribution in [3.8, 4) is 0 Å². The van der Waals surface area contributed by atoms with Gasteiger partial charge in [-0.15, -0.1) is 0 Å². The third kappa shape index (κ3) is 4.16. The Bertz CT molecular complexity index is 262. The Balaban J connectivity index is 4.25. The van der Waals surface area contributed by atoms with E-state index in [0.29, 0.717) is 0 Å². The number of hydrogen-bond donors (Lipinski definition) is 2. The zero-order valence-electron chi connectivity index (χ0n) is 6.35. The van der Waals surface area contributed by atoms with Crippen LogP contribution in [0.1, 0.15) is 6.92 Å². The van der Waals surface area contributed by atoms with Crippen LogP contribution in [0.2, 0.25) is 0 Å². The molecule has 12 heavy (non-hydrogen) atoms. The molecule has 0 aliphatic heterocycles. The SMILES string of the molecule is CC(C=O)(C=O)NCS(=O)(=O)O. The maximum Gasteiger partial charge on any atom is 0.278 e. The van der Waals surface area contributed by atoms with Gasteiger partial charge in [-0.2, -0.15) is 8.42 Å². The molecule has 0 aromatic carbocycles. The average Bonchev–Trinajstić information content (AvgIpc) is 1.99. The highest BCUT2D eigenvalue weighted by atomic mass is 32.2. The van der Waals surface area contributed by atoms with Crippen molar-refractivity contribution in [2.24, 2.45) is 0 Å². The zero-order chi connectivity index (χ0) is 9.83. The topological polar surface area (TPSA) is 101 Å². The molecule has 0 radical (unpaired) electrons. The lowest BCUT2D eigenvalue weighted by atomic mass is 10.1. The Labute approximate surface area is 69.7 Å². The summed E-state index contributed by atoms with van der Waals surface area (Å²) in [4.78, 5) is 20.4. The van der Waals surface area contributed by atoms with E-state index in [9.17, 15) is 18.0 Å². The highest BCUT2D eigenvalue weighted by Crippen LogP contribution is 1.94. The fourth-order valence-corrected chi connectivity index (χ4v) is 0.851. The molecule has 0 atom stereocenters. The molecule has 0 unspecified atom stereocenters. The summed E-state index contributed by atoms with van der Waals surface area (Å²) in [6.45, 7) is 1.19. The van der Waals surface area contributed by atoms with Gasteiger partial charge in [0.2, 0.25) is 0 Å². The fraction of sp³-hybridized carbons (Fsp3) is 0.600. The van der Waals surface area contributed by atoms with Gasteiger partial charge in [-0.1, -0.05) is 0 Å². The van der Waals surface area contributed by atoms with Crippen molar-refractivity contribution in [2.45, 2.75) is 12.5 Å². The monoisotopic (exact) mass is 195 g/mol. The molecule has 0 aliphatic carbocycles. The predicted octanol–water partition coefficient (Wildman–Crippen LogP) is -1.42. The Morgan fingerprint density at radius 2 is 1.83 bits per heavy atom. The van der Waals surface area contributed by atoms with Crippen molar-refractivity contribution >= 4 is 22.7 Å². The lowest BCUT2D eigenvalue weighted by Crippen LogP contribution is -2.47. The molecular weight excluding hydrogens is 186 g/mol. The highest BCUT2D eigenvalue weighted by Gasteiger charge is 2.23. The average molecular weight is 195 g/mol. The molecular formula is C5H9NO5S. The molecule has 0 aromatic rings. The van der Waals surface area contributed by atoms with Gasteiger partial charge in [-0.3, -0.25) is 9.87 Å². The number of hydrogen-bond acceptors (Lipinski definition) is 5. The van der Waals surface area contributed by atoms with Crippen molar-refractivity contribution in [3.05, 3.63) is 0 Å². The van der Waals surface area contributed by atoms with Crippen LogP contribution in [-0.4, -0.2) is 37.0 Å². The summed E-state index contributed by atoms with van der Waals surface area (Å²) in [5.74, 6) is -0.832. The summed E-state index contributed by atoms with van der Waals surface area (Å²) < 4.78 is 28.6. The van der Waals surface area contributed by atoms with Crippen LogP contribution in [0.15, 0.2) is 0 Å². The molecule has 0 bridgehead atoms. The third-order valence-corrected chi connectivity index (χ3v) is 1.63. The van der Waals surface area contributed by atoms with Crippen molar-refractivity contribution in [3.63, 3.8) is 0 Å². The van der Waals surface area contributed by atoms with Gasteiger partial charge in [0.05, 0.1) is 0 Å². The van der Waals surface area contributed by atoms with E-state index < -0.39 is 21.5 Å². The highest BCUT2D eigenvalue weighted by molar-refractivity contribution is 7.85. The van der Waals surface area contributed by atoms with Gasteiger partial charge in [0, 0.05) is 0 Å². The standard InChI is InChI=1S/C5H9NO5S/c1-5(2-7,3-8)6-4-12(9,10)11/h2-3,6H,4H2,1H3,(H,9,10,11). The van der Waals surface area contributed by atoms with E-state index in [1.54, 1.807) is 0 Å². The van der Waals surface area contributed by atoms with Gasteiger partial charge in [-0.25, -0.2) is 0 Å². The fourth-order valence-electron chi connectivity index (χ4n) is 0.358. The predicted molar refractivity (Wildman–Crippen MR) is 40.1 cm³/mol. The van der Waals surface area contributed by atoms with Crippen molar-refractivity contribution < 1.29 is 22.6 Å². The first kappa shape index (κ1) is 11.2. The lowest BCUT2D eigenvalue weighted by Gasteiger charge is -2.15. The van der Waals surface area contributed by atoms with E-state index in [1.165, 1.54) is 6.92 Å². The van der Waals surface area contributed by atoms with Crippen LogP contribution < -0.4 is 5.32 Å². The van der Waals surface area contributed by atoms with E-state index in [2.05, 4.69) is 5.32 Å². The Kier molecular flexibility index (Phi) is 3.50. The number of nitrogens with one attached hydrogen (secondary N) is 1. The summed E-state index contributed by atoms with van der Waals surface area (Å²) >= 11 is 0. The second-order valence-corrected chi connectivity index (χ2v) is 3.87. The van der Waals surface area contributed by atoms with Gasteiger partial charge in [0.25, 0.3) is 10.1 Å². The van der Waals surface area contributed by atoms with Crippen molar-refractivity contribution in [1.82, 2.24) is 5.32 Å². The minimum Gasteiger partial charge on any atom is -0.301 e. The van der Waals surface area contributed by atoms with E-state index in [0.717, 1.165) is 0 Å². The molecule has 0 spiro atoms. The Hall–Kier alpha value is -0.790. The summed E-state index contributed by atoms with van der Waals surface area (Å²) in [5.41, 5.74) is -1.56. The molecule has 0 amide bonds. The number of carbonyl (C=O) groups is 2. The third-order valence-electron chi connectivity index (χ3n) is 1.13. The Morgan fingerprint density at radius 1 is 1.42 bits per heavy atom. The maximum absolute atomic E-state index is 10.2. The minimum absolute atomic E-state index is 0.255. The molecule has 0 saturated heterocycles. The van der Waals surface area contributed by atoms with Crippen molar-refractivity contribution in [2.75, 3.05) is 5.88 Å². The van der Waals surface area contributed by atoms with Crippen LogP contribution >= 0.6 is 0 Å². The second-order valence-electron chi connectivity index (χ2n) is 2.42. The second kappa shape index (κ2) is 3.74. The van der Waals surface area contributed by atoms with Crippen LogP contribution in [0.4, 0.5) is 0 Å². The molecule has 0 aliphatic rings. The minimum atomic E-state index is -4.21. The van der Waals surface area contributed by atoms with Gasteiger partial charge >= 0.3 is 0 Å². The van der Waals surface area contributed by atoms with Gasteiger partial charge in [0.1, 0.15) is 24.0 Å². The molecule has 0 saturated carbocycles. The number of aldehydes is 2. The van der Waals surface area contributed by atoms with Crippen LogP contribution in [0.3, 0.4) is 0 Å². The van der Waals surface area contributed by atoms with E-state index >= 15 is 0 Å². The first-order valence-corrected chi connectivity index (χ1v) is 4.57.